The molecular weight excluding hydrogens is 246 g/mol. The SMILES string of the molecule is N#Cc1ccc(O)c(C[C]2CCN(C(N)=O)C2=O)c1. The Bertz CT molecular complexity index is 577. The maximum absolute atomic E-state index is 11.9. The quantitative estimate of drug-likeness (QED) is 0.813. The van der Waals surface area contributed by atoms with Gasteiger partial charge in [-0.2, -0.15) is 5.26 Å². The van der Waals surface area contributed by atoms with Crippen molar-refractivity contribution in [1.29, 1.82) is 5.26 Å². The van der Waals surface area contributed by atoms with Crippen LogP contribution < -0.4 is 5.73 Å². The fraction of sp³-hybridized carbons (Fsp3) is 0.231. The van der Waals surface area contributed by atoms with Gasteiger partial charge in [0.1, 0.15) is 5.75 Å². The van der Waals surface area contributed by atoms with Crippen LogP contribution in [-0.2, 0) is 11.2 Å². The minimum absolute atomic E-state index is 0.0248. The van der Waals surface area contributed by atoms with Gasteiger partial charge in [0.05, 0.1) is 17.6 Å². The summed E-state index contributed by atoms with van der Waals surface area (Å²) in [5.74, 6) is 0.121. The Morgan fingerprint density at radius 2 is 2.26 bits per heavy atom. The molecule has 6 nitrogen and oxygen atoms in total. The minimum atomic E-state index is -0.769. The number of nitriles is 1. The summed E-state index contributed by atoms with van der Waals surface area (Å²) < 4.78 is 0. The molecule has 1 aromatic rings. The molecule has 0 spiro atoms. The molecule has 2 rings (SSSR count). The molecule has 1 aliphatic rings. The van der Waals surface area contributed by atoms with Crippen molar-refractivity contribution >= 4 is 11.9 Å². The summed E-state index contributed by atoms with van der Waals surface area (Å²) in [6.07, 6.45) is 0.641. The van der Waals surface area contributed by atoms with Crippen molar-refractivity contribution in [3.63, 3.8) is 0 Å². The number of carbonyl (C=O) groups excluding carboxylic acids is 2. The summed E-state index contributed by atoms with van der Waals surface area (Å²) >= 11 is 0. The highest BCUT2D eigenvalue weighted by Crippen LogP contribution is 2.28. The van der Waals surface area contributed by atoms with E-state index in [1.807, 2.05) is 6.07 Å². The Balaban J connectivity index is 2.17. The maximum atomic E-state index is 11.9. The molecule has 6 heteroatoms. The van der Waals surface area contributed by atoms with E-state index in [1.165, 1.54) is 18.2 Å². The van der Waals surface area contributed by atoms with Gasteiger partial charge in [0, 0.05) is 6.54 Å². The van der Waals surface area contributed by atoms with E-state index in [4.69, 9.17) is 11.0 Å². The molecule has 1 heterocycles. The van der Waals surface area contributed by atoms with Crippen LogP contribution in [0.3, 0.4) is 0 Å². The number of amides is 3. The van der Waals surface area contributed by atoms with E-state index in [9.17, 15) is 14.7 Å². The van der Waals surface area contributed by atoms with E-state index >= 15 is 0 Å². The van der Waals surface area contributed by atoms with E-state index in [-0.39, 0.29) is 18.7 Å². The number of imide groups is 1. The van der Waals surface area contributed by atoms with Gasteiger partial charge in [-0.3, -0.25) is 9.69 Å². The molecule has 1 fully saturated rings. The summed E-state index contributed by atoms with van der Waals surface area (Å²) in [6, 6.07) is 5.64. The molecular formula is C13H12N3O3. The summed E-state index contributed by atoms with van der Waals surface area (Å²) in [5, 5.41) is 18.5. The van der Waals surface area contributed by atoms with Crippen LogP contribution in [0.2, 0.25) is 0 Å². The van der Waals surface area contributed by atoms with E-state index < -0.39 is 11.9 Å². The zero-order valence-corrected chi connectivity index (χ0v) is 10.1. The number of nitrogens with two attached hydrogens (primary N) is 1. The highest BCUT2D eigenvalue weighted by atomic mass is 16.3. The molecule has 0 unspecified atom stereocenters. The zero-order chi connectivity index (χ0) is 14.0. The first-order valence-electron chi connectivity index (χ1n) is 5.71. The monoisotopic (exact) mass is 258 g/mol. The first-order chi connectivity index (χ1) is 9.02. The Hall–Kier alpha value is -2.55. The number of phenols is 1. The Morgan fingerprint density at radius 3 is 2.84 bits per heavy atom. The van der Waals surface area contributed by atoms with Crippen LogP contribution in [0.15, 0.2) is 18.2 Å². The minimum Gasteiger partial charge on any atom is -0.508 e. The summed E-state index contributed by atoms with van der Waals surface area (Å²) in [6.45, 7) is 0.266. The molecule has 0 atom stereocenters. The Morgan fingerprint density at radius 1 is 1.53 bits per heavy atom. The smallest absolute Gasteiger partial charge is 0.321 e. The molecule has 1 aromatic carbocycles. The fourth-order valence-electron chi connectivity index (χ4n) is 2.05. The second-order valence-corrected chi connectivity index (χ2v) is 4.28. The number of hydrogen-bond donors (Lipinski definition) is 2. The van der Waals surface area contributed by atoms with Crippen molar-refractivity contribution in [2.45, 2.75) is 12.8 Å². The molecule has 0 aliphatic carbocycles. The number of nitrogens with zero attached hydrogens (tertiary/aromatic N) is 2. The van der Waals surface area contributed by atoms with Crippen LogP contribution in [0.25, 0.3) is 0 Å². The van der Waals surface area contributed by atoms with Crippen molar-refractivity contribution < 1.29 is 14.7 Å². The van der Waals surface area contributed by atoms with Gasteiger partial charge in [-0.15, -0.1) is 0 Å². The normalized spacial score (nSPS) is 15.5. The first kappa shape index (κ1) is 12.9. The van der Waals surface area contributed by atoms with Gasteiger partial charge in [-0.25, -0.2) is 4.79 Å². The van der Waals surface area contributed by atoms with Crippen molar-refractivity contribution in [2.75, 3.05) is 6.54 Å². The van der Waals surface area contributed by atoms with Gasteiger partial charge in [-0.05, 0) is 36.6 Å². The van der Waals surface area contributed by atoms with Crippen molar-refractivity contribution in [1.82, 2.24) is 4.90 Å². The lowest BCUT2D eigenvalue weighted by Gasteiger charge is -2.12. The number of hydrogen-bond acceptors (Lipinski definition) is 4. The number of phenolic OH excluding ortho intramolecular Hbond substituents is 1. The number of likely N-dealkylation sites (tertiary alicyclic amines) is 1. The third kappa shape index (κ3) is 2.50. The largest absolute Gasteiger partial charge is 0.508 e. The molecule has 19 heavy (non-hydrogen) atoms. The Labute approximate surface area is 110 Å². The van der Waals surface area contributed by atoms with Crippen LogP contribution in [0.1, 0.15) is 17.5 Å². The number of carbonyl (C=O) groups is 2. The molecule has 3 N–H and O–H groups in total. The van der Waals surface area contributed by atoms with Gasteiger partial charge >= 0.3 is 6.03 Å². The van der Waals surface area contributed by atoms with Crippen LogP contribution in [0.5, 0.6) is 5.75 Å². The van der Waals surface area contributed by atoms with Gasteiger partial charge in [-0.1, -0.05) is 0 Å². The molecule has 3 amide bonds. The van der Waals surface area contributed by atoms with Gasteiger partial charge < -0.3 is 10.8 Å². The van der Waals surface area contributed by atoms with Crippen molar-refractivity contribution in [2.24, 2.45) is 5.73 Å². The summed E-state index contributed by atoms with van der Waals surface area (Å²) in [4.78, 5) is 23.8. The molecule has 97 valence electrons. The van der Waals surface area contributed by atoms with E-state index in [1.54, 1.807) is 0 Å². The fourth-order valence-corrected chi connectivity index (χ4v) is 2.05. The molecule has 1 radical (unpaired) electrons. The van der Waals surface area contributed by atoms with Crippen LogP contribution in [0.4, 0.5) is 4.79 Å². The predicted molar refractivity (Wildman–Crippen MR) is 65.7 cm³/mol. The number of primary amides is 1. The van der Waals surface area contributed by atoms with E-state index in [0.29, 0.717) is 23.5 Å². The number of urea groups is 1. The van der Waals surface area contributed by atoms with Gasteiger partial charge in [0.25, 0.3) is 0 Å². The molecule has 0 saturated carbocycles. The highest BCUT2D eigenvalue weighted by molar-refractivity contribution is 6.03. The lowest BCUT2D eigenvalue weighted by molar-refractivity contribution is -0.123. The second kappa shape index (κ2) is 4.98. The van der Waals surface area contributed by atoms with Gasteiger partial charge in [0.15, 0.2) is 0 Å². The predicted octanol–water partition coefficient (Wildman–Crippen LogP) is 0.692. The van der Waals surface area contributed by atoms with Crippen molar-refractivity contribution in [3.05, 3.63) is 35.2 Å². The zero-order valence-electron chi connectivity index (χ0n) is 10.1. The van der Waals surface area contributed by atoms with E-state index in [0.717, 1.165) is 4.90 Å². The van der Waals surface area contributed by atoms with Crippen molar-refractivity contribution in [3.8, 4) is 11.8 Å². The van der Waals surface area contributed by atoms with Crippen LogP contribution >= 0.6 is 0 Å². The lowest BCUT2D eigenvalue weighted by Crippen LogP contribution is -2.37. The Kier molecular flexibility index (Phi) is 3.38. The molecule has 0 aromatic heterocycles. The molecule has 1 saturated heterocycles. The highest BCUT2D eigenvalue weighted by Gasteiger charge is 2.35. The number of rotatable bonds is 2. The van der Waals surface area contributed by atoms with E-state index in [2.05, 4.69) is 0 Å². The third-order valence-electron chi connectivity index (χ3n) is 3.06. The maximum Gasteiger partial charge on any atom is 0.321 e. The third-order valence-corrected chi connectivity index (χ3v) is 3.06. The number of aromatic hydroxyl groups is 1. The molecule has 0 bridgehead atoms. The average molecular weight is 258 g/mol. The second-order valence-electron chi connectivity index (χ2n) is 4.28. The average Bonchev–Trinajstić information content (AvgIpc) is 2.74. The van der Waals surface area contributed by atoms with Crippen LogP contribution in [-0.4, -0.2) is 28.5 Å². The van der Waals surface area contributed by atoms with Crippen LogP contribution in [0, 0.1) is 17.2 Å². The topological polar surface area (TPSA) is 107 Å². The first-order valence-corrected chi connectivity index (χ1v) is 5.71. The standard InChI is InChI=1S/C13H12N3O3/c14-7-8-1-2-11(17)10(5-8)6-9-3-4-16(12(9)18)13(15)19/h1-2,5,17H,3-4,6H2,(H2,15,19). The molecule has 1 aliphatic heterocycles. The summed E-state index contributed by atoms with van der Waals surface area (Å²) in [5.41, 5.74) is 5.98. The number of benzene rings is 1. The summed E-state index contributed by atoms with van der Waals surface area (Å²) in [7, 11) is 0. The van der Waals surface area contributed by atoms with Gasteiger partial charge in [0.2, 0.25) is 5.91 Å². The lowest BCUT2D eigenvalue weighted by atomic mass is 9.96.